The molecule has 0 unspecified atom stereocenters. The monoisotopic (exact) mass is 532 g/mol. The van der Waals surface area contributed by atoms with Crippen LogP contribution < -0.4 is 0 Å². The third-order valence-corrected chi connectivity index (χ3v) is 7.56. The van der Waals surface area contributed by atoms with Crippen LogP contribution >= 0.6 is 0 Å². The van der Waals surface area contributed by atoms with Crippen molar-refractivity contribution in [3.05, 3.63) is 48.5 Å². The van der Waals surface area contributed by atoms with E-state index < -0.39 is 0 Å². The molecule has 8 nitrogen and oxygen atoms in total. The first-order chi connectivity index (χ1) is 19.3. The SMILES string of the molecule is CCCCCCCCN(CN(CCCCCCCC)Cn1nnc2ccccc21)Cn1nnc2ccccc21. The second kappa shape index (κ2) is 16.3. The Morgan fingerprint density at radius 3 is 1.41 bits per heavy atom. The molecule has 0 bridgehead atoms. The second-order valence-corrected chi connectivity index (χ2v) is 10.9. The van der Waals surface area contributed by atoms with Gasteiger partial charge in [-0.25, -0.2) is 9.36 Å². The standard InChI is InChI=1S/C31H48N8/c1-3-5-7-9-11-17-23-36(26-38-30-21-15-13-19-28(30)32-34-38)25-37(24-18-12-10-8-6-4-2)27-39-31-22-16-14-20-29(31)33-35-39/h13-16,19-22H,3-12,17-18,23-27H2,1-2H3. The third kappa shape index (κ3) is 9.11. The molecule has 2 heterocycles. The maximum atomic E-state index is 4.51. The largest absolute Gasteiger partial charge is 0.271 e. The summed E-state index contributed by atoms with van der Waals surface area (Å²) in [6.07, 6.45) is 15.5. The highest BCUT2D eigenvalue weighted by molar-refractivity contribution is 5.74. The van der Waals surface area contributed by atoms with Gasteiger partial charge in [-0.05, 0) is 37.1 Å². The topological polar surface area (TPSA) is 67.9 Å². The van der Waals surface area contributed by atoms with Crippen molar-refractivity contribution in [1.29, 1.82) is 0 Å². The lowest BCUT2D eigenvalue weighted by molar-refractivity contribution is 0.0726. The fourth-order valence-corrected chi connectivity index (χ4v) is 5.31. The summed E-state index contributed by atoms with van der Waals surface area (Å²) in [5, 5.41) is 17.8. The molecule has 0 aliphatic carbocycles. The molecule has 0 saturated carbocycles. The Morgan fingerprint density at radius 1 is 0.538 bits per heavy atom. The number of aromatic nitrogens is 6. The molecule has 0 aliphatic heterocycles. The van der Waals surface area contributed by atoms with Crippen LogP contribution in [0.25, 0.3) is 22.1 Å². The summed E-state index contributed by atoms with van der Waals surface area (Å²) in [6.45, 7) is 8.99. The van der Waals surface area contributed by atoms with Gasteiger partial charge in [0, 0.05) is 13.1 Å². The zero-order valence-electron chi connectivity index (χ0n) is 24.2. The molecular formula is C31H48N8. The van der Waals surface area contributed by atoms with E-state index in [-0.39, 0.29) is 0 Å². The van der Waals surface area contributed by atoms with Gasteiger partial charge in [-0.2, -0.15) is 0 Å². The number of para-hydroxylation sites is 2. The van der Waals surface area contributed by atoms with Gasteiger partial charge in [0.25, 0.3) is 0 Å². The Labute approximate surface area is 234 Å². The van der Waals surface area contributed by atoms with Gasteiger partial charge < -0.3 is 0 Å². The normalized spacial score (nSPS) is 12.0. The third-order valence-electron chi connectivity index (χ3n) is 7.56. The minimum Gasteiger partial charge on any atom is -0.271 e. The summed E-state index contributed by atoms with van der Waals surface area (Å²) in [4.78, 5) is 5.08. The number of fused-ring (bicyclic) bond motifs is 2. The van der Waals surface area contributed by atoms with E-state index >= 15 is 0 Å². The lowest BCUT2D eigenvalue weighted by atomic mass is 10.1. The Hall–Kier alpha value is -2.84. The first-order valence-electron chi connectivity index (χ1n) is 15.3. The zero-order chi connectivity index (χ0) is 27.1. The van der Waals surface area contributed by atoms with Crippen LogP contribution in [-0.2, 0) is 13.3 Å². The minimum absolute atomic E-state index is 0.737. The molecular weight excluding hydrogens is 484 g/mol. The maximum Gasteiger partial charge on any atom is 0.113 e. The van der Waals surface area contributed by atoms with Gasteiger partial charge in [0.15, 0.2) is 0 Å². The van der Waals surface area contributed by atoms with Crippen molar-refractivity contribution in [1.82, 2.24) is 39.8 Å². The quantitative estimate of drug-likeness (QED) is 0.0895. The van der Waals surface area contributed by atoms with Crippen molar-refractivity contribution < 1.29 is 0 Å². The molecule has 0 spiro atoms. The molecule has 0 atom stereocenters. The van der Waals surface area contributed by atoms with E-state index in [4.69, 9.17) is 0 Å². The van der Waals surface area contributed by atoms with E-state index in [2.05, 4.69) is 77.9 Å². The number of hydrogen-bond acceptors (Lipinski definition) is 6. The van der Waals surface area contributed by atoms with Gasteiger partial charge in [-0.3, -0.25) is 9.80 Å². The van der Waals surface area contributed by atoms with Gasteiger partial charge in [-0.15, -0.1) is 10.2 Å². The summed E-state index contributed by atoms with van der Waals surface area (Å²) < 4.78 is 4.11. The summed E-state index contributed by atoms with van der Waals surface area (Å²) in [5.74, 6) is 0. The Balaban J connectivity index is 1.45. The number of nitrogens with zero attached hydrogens (tertiary/aromatic N) is 8. The maximum absolute atomic E-state index is 4.51. The van der Waals surface area contributed by atoms with Gasteiger partial charge in [0.05, 0.1) is 31.0 Å². The second-order valence-electron chi connectivity index (χ2n) is 10.9. The fourth-order valence-electron chi connectivity index (χ4n) is 5.31. The van der Waals surface area contributed by atoms with Crippen LogP contribution in [0.4, 0.5) is 0 Å². The lowest BCUT2D eigenvalue weighted by Crippen LogP contribution is -2.41. The van der Waals surface area contributed by atoms with Gasteiger partial charge in [-0.1, -0.05) is 113 Å². The van der Waals surface area contributed by atoms with Crippen molar-refractivity contribution in [3.8, 4) is 0 Å². The van der Waals surface area contributed by atoms with E-state index in [1.54, 1.807) is 0 Å². The van der Waals surface area contributed by atoms with Crippen LogP contribution in [0.3, 0.4) is 0 Å². The molecule has 4 rings (SSSR count). The Bertz CT molecular complexity index is 1120. The average molecular weight is 533 g/mol. The van der Waals surface area contributed by atoms with Crippen molar-refractivity contribution in [2.45, 2.75) is 104 Å². The fraction of sp³-hybridized carbons (Fsp3) is 0.613. The summed E-state index contributed by atoms with van der Waals surface area (Å²) in [7, 11) is 0. The van der Waals surface area contributed by atoms with E-state index in [1.165, 1.54) is 77.0 Å². The number of rotatable bonds is 20. The van der Waals surface area contributed by atoms with E-state index in [9.17, 15) is 0 Å². The molecule has 4 aromatic rings. The van der Waals surface area contributed by atoms with Crippen molar-refractivity contribution >= 4 is 22.1 Å². The van der Waals surface area contributed by atoms with Crippen LogP contribution in [0.15, 0.2) is 48.5 Å². The highest BCUT2D eigenvalue weighted by Gasteiger charge is 2.16. The Kier molecular flexibility index (Phi) is 12.2. The van der Waals surface area contributed by atoms with E-state index in [0.717, 1.165) is 55.2 Å². The van der Waals surface area contributed by atoms with Gasteiger partial charge >= 0.3 is 0 Å². The number of unbranched alkanes of at least 4 members (excludes halogenated alkanes) is 10. The van der Waals surface area contributed by atoms with Gasteiger partial charge in [0.1, 0.15) is 11.0 Å². The van der Waals surface area contributed by atoms with E-state index in [1.807, 2.05) is 24.3 Å². The van der Waals surface area contributed by atoms with Crippen molar-refractivity contribution in [2.24, 2.45) is 0 Å². The van der Waals surface area contributed by atoms with Crippen LogP contribution in [0.2, 0.25) is 0 Å². The number of benzene rings is 2. The lowest BCUT2D eigenvalue weighted by Gasteiger charge is -2.30. The summed E-state index contributed by atoms with van der Waals surface area (Å²) >= 11 is 0. The molecule has 2 aromatic carbocycles. The molecule has 0 aliphatic rings. The molecule has 0 saturated heterocycles. The minimum atomic E-state index is 0.737. The van der Waals surface area contributed by atoms with Crippen LogP contribution in [0, 0.1) is 0 Å². The molecule has 0 N–H and O–H groups in total. The first-order valence-corrected chi connectivity index (χ1v) is 15.3. The van der Waals surface area contributed by atoms with Crippen LogP contribution in [-0.4, -0.2) is 59.5 Å². The summed E-state index contributed by atoms with van der Waals surface area (Å²) in [6, 6.07) is 16.5. The Morgan fingerprint density at radius 2 is 0.949 bits per heavy atom. The molecule has 39 heavy (non-hydrogen) atoms. The predicted octanol–water partition coefficient (Wildman–Crippen LogP) is 7.07. The zero-order valence-corrected chi connectivity index (χ0v) is 24.2. The van der Waals surface area contributed by atoms with E-state index in [0.29, 0.717) is 0 Å². The first kappa shape index (κ1) is 29.2. The summed E-state index contributed by atoms with van der Waals surface area (Å²) in [5.41, 5.74) is 4.09. The average Bonchev–Trinajstić information content (AvgIpc) is 3.56. The molecule has 2 aromatic heterocycles. The van der Waals surface area contributed by atoms with Crippen molar-refractivity contribution in [2.75, 3.05) is 19.8 Å². The molecule has 0 fully saturated rings. The molecule has 0 amide bonds. The number of hydrogen-bond donors (Lipinski definition) is 0. The molecule has 0 radical (unpaired) electrons. The van der Waals surface area contributed by atoms with Gasteiger partial charge in [0.2, 0.25) is 0 Å². The highest BCUT2D eigenvalue weighted by atomic mass is 15.5. The smallest absolute Gasteiger partial charge is 0.113 e. The predicted molar refractivity (Wildman–Crippen MR) is 160 cm³/mol. The van der Waals surface area contributed by atoms with Crippen molar-refractivity contribution in [3.63, 3.8) is 0 Å². The molecule has 212 valence electrons. The molecule has 8 heteroatoms. The van der Waals surface area contributed by atoms with Crippen LogP contribution in [0.1, 0.15) is 90.9 Å². The van der Waals surface area contributed by atoms with Crippen LogP contribution in [0.5, 0.6) is 0 Å². The highest BCUT2D eigenvalue weighted by Crippen LogP contribution is 2.15.